The first kappa shape index (κ1) is 15.2. The summed E-state index contributed by atoms with van der Waals surface area (Å²) in [5, 5.41) is 11.4. The van der Waals surface area contributed by atoms with E-state index in [1.807, 2.05) is 36.4 Å². The molecule has 3 nitrogen and oxygen atoms in total. The Morgan fingerprint density at radius 2 is 1.80 bits per heavy atom. The van der Waals surface area contributed by atoms with Gasteiger partial charge in [0.15, 0.2) is 5.88 Å². The second-order valence-corrected chi connectivity index (χ2v) is 6.01. The predicted molar refractivity (Wildman–Crippen MR) is 94.3 cm³/mol. The number of benzene rings is 3. The highest BCUT2D eigenvalue weighted by Crippen LogP contribution is 2.46. The zero-order valence-electron chi connectivity index (χ0n) is 13.4. The van der Waals surface area contributed by atoms with Gasteiger partial charge in [-0.05, 0) is 34.5 Å². The maximum atomic E-state index is 13.4. The molecule has 4 rings (SSSR count). The summed E-state index contributed by atoms with van der Waals surface area (Å²) in [6.45, 7) is 0. The quantitative estimate of drug-likeness (QED) is 0.748. The number of nitrogens with zero attached hydrogens (tertiary/aromatic N) is 1. The fourth-order valence-electron chi connectivity index (χ4n) is 3.46. The molecule has 1 aliphatic rings. The van der Waals surface area contributed by atoms with Crippen LogP contribution in [0, 0.1) is 17.1 Å². The number of hydrogen-bond donors (Lipinski definition) is 1. The van der Waals surface area contributed by atoms with Crippen molar-refractivity contribution in [2.45, 2.75) is 12.3 Å². The van der Waals surface area contributed by atoms with Gasteiger partial charge in [-0.3, -0.25) is 0 Å². The van der Waals surface area contributed by atoms with Gasteiger partial charge in [-0.2, -0.15) is 5.26 Å². The maximum absolute atomic E-state index is 13.4. The molecule has 3 aromatic rings. The Bertz CT molecular complexity index is 1030. The molecular weight excluding hydrogens is 315 g/mol. The van der Waals surface area contributed by atoms with E-state index in [1.54, 1.807) is 12.1 Å². The van der Waals surface area contributed by atoms with Gasteiger partial charge in [-0.1, -0.05) is 42.5 Å². The fourth-order valence-corrected chi connectivity index (χ4v) is 3.46. The number of halogens is 1. The normalized spacial score (nSPS) is 16.2. The molecule has 25 heavy (non-hydrogen) atoms. The molecule has 1 atom stereocenters. The van der Waals surface area contributed by atoms with Gasteiger partial charge in [-0.15, -0.1) is 0 Å². The lowest BCUT2D eigenvalue weighted by Crippen LogP contribution is -2.22. The van der Waals surface area contributed by atoms with E-state index in [0.717, 1.165) is 21.9 Å². The highest BCUT2D eigenvalue weighted by Gasteiger charge is 2.31. The molecule has 122 valence electrons. The lowest BCUT2D eigenvalue weighted by molar-refractivity contribution is 0.389. The Balaban J connectivity index is 2.02. The summed E-state index contributed by atoms with van der Waals surface area (Å²) in [5.74, 6) is 0.383. The number of hydrogen-bond acceptors (Lipinski definition) is 3. The van der Waals surface area contributed by atoms with Crippen molar-refractivity contribution >= 4 is 10.8 Å². The molecule has 1 aliphatic heterocycles. The average Bonchev–Trinajstić information content (AvgIpc) is 2.63. The van der Waals surface area contributed by atoms with Gasteiger partial charge in [0.1, 0.15) is 11.6 Å². The molecule has 0 amide bonds. The maximum Gasteiger partial charge on any atom is 0.192 e. The molecule has 1 unspecified atom stereocenters. The van der Waals surface area contributed by atoms with Crippen LogP contribution in [0.5, 0.6) is 5.75 Å². The Labute approximate surface area is 144 Å². The minimum absolute atomic E-state index is 0.149. The molecule has 0 aliphatic carbocycles. The Kier molecular flexibility index (Phi) is 3.62. The van der Waals surface area contributed by atoms with E-state index in [0.29, 0.717) is 11.3 Å². The molecule has 3 aromatic carbocycles. The van der Waals surface area contributed by atoms with E-state index >= 15 is 0 Å². The Morgan fingerprint density at radius 1 is 1.04 bits per heavy atom. The topological polar surface area (TPSA) is 59.0 Å². The number of fused-ring (bicyclic) bond motifs is 3. The first-order valence-corrected chi connectivity index (χ1v) is 7.99. The fraction of sp³-hybridized carbons (Fsp3) is 0.0952. The number of nitrogens with two attached hydrogens (primary N) is 1. The van der Waals surface area contributed by atoms with Crippen molar-refractivity contribution in [2.75, 3.05) is 0 Å². The van der Waals surface area contributed by atoms with Gasteiger partial charge in [0, 0.05) is 17.1 Å². The Hall–Kier alpha value is -3.32. The average molecular weight is 330 g/mol. The molecule has 0 aromatic heterocycles. The van der Waals surface area contributed by atoms with Crippen LogP contribution in [0.4, 0.5) is 4.39 Å². The zero-order chi connectivity index (χ0) is 17.4. The third-order valence-electron chi connectivity index (χ3n) is 4.58. The molecule has 0 spiro atoms. The highest BCUT2D eigenvalue weighted by molar-refractivity contribution is 5.89. The van der Waals surface area contributed by atoms with Crippen LogP contribution in [0.1, 0.15) is 23.5 Å². The van der Waals surface area contributed by atoms with Gasteiger partial charge in [-0.25, -0.2) is 4.39 Å². The van der Waals surface area contributed by atoms with E-state index < -0.39 is 0 Å². The summed E-state index contributed by atoms with van der Waals surface area (Å²) in [4.78, 5) is 0. The van der Waals surface area contributed by atoms with Crippen LogP contribution >= 0.6 is 0 Å². The van der Waals surface area contributed by atoms with Crippen LogP contribution in [0.2, 0.25) is 0 Å². The zero-order valence-corrected chi connectivity index (χ0v) is 13.4. The lowest BCUT2D eigenvalue weighted by Gasteiger charge is -2.30. The van der Waals surface area contributed by atoms with Crippen LogP contribution in [-0.2, 0) is 0 Å². The molecule has 0 fully saturated rings. The van der Waals surface area contributed by atoms with Gasteiger partial charge in [0.05, 0.1) is 12.5 Å². The smallest absolute Gasteiger partial charge is 0.192 e. The minimum Gasteiger partial charge on any atom is -0.441 e. The molecule has 4 heteroatoms. The summed E-state index contributed by atoms with van der Waals surface area (Å²) in [6.07, 6.45) is 0.149. The summed E-state index contributed by atoms with van der Waals surface area (Å²) < 4.78 is 19.2. The van der Waals surface area contributed by atoms with Gasteiger partial charge in [0.25, 0.3) is 0 Å². The number of rotatable bonds is 2. The van der Waals surface area contributed by atoms with Gasteiger partial charge >= 0.3 is 0 Å². The van der Waals surface area contributed by atoms with Crippen LogP contribution in [-0.4, -0.2) is 0 Å². The molecular formula is C21H15FN2O. The summed E-state index contributed by atoms with van der Waals surface area (Å²) in [5.41, 5.74) is 8.67. The van der Waals surface area contributed by atoms with Crippen LogP contribution < -0.4 is 10.5 Å². The van der Waals surface area contributed by atoms with Crippen molar-refractivity contribution in [1.29, 1.82) is 5.26 Å². The third kappa shape index (κ3) is 2.50. The Morgan fingerprint density at radius 3 is 2.56 bits per heavy atom. The monoisotopic (exact) mass is 330 g/mol. The summed E-state index contributed by atoms with van der Waals surface area (Å²) >= 11 is 0. The molecule has 0 saturated carbocycles. The molecule has 0 saturated heterocycles. The number of nitriles is 1. The molecule has 2 N–H and O–H groups in total. The van der Waals surface area contributed by atoms with Crippen molar-refractivity contribution in [3.05, 3.63) is 89.1 Å². The van der Waals surface area contributed by atoms with Crippen molar-refractivity contribution in [3.63, 3.8) is 0 Å². The van der Waals surface area contributed by atoms with Crippen LogP contribution in [0.15, 0.2) is 72.1 Å². The number of allylic oxidation sites excluding steroid dienone is 1. The lowest BCUT2D eigenvalue weighted by atomic mass is 9.80. The first-order valence-electron chi connectivity index (χ1n) is 7.99. The van der Waals surface area contributed by atoms with Crippen molar-refractivity contribution < 1.29 is 9.13 Å². The molecule has 1 heterocycles. The molecule has 0 radical (unpaired) electrons. The van der Waals surface area contributed by atoms with Crippen molar-refractivity contribution in [3.8, 4) is 11.8 Å². The second-order valence-electron chi connectivity index (χ2n) is 6.01. The van der Waals surface area contributed by atoms with E-state index in [1.165, 1.54) is 12.1 Å². The van der Waals surface area contributed by atoms with Gasteiger partial charge in [0.2, 0.25) is 0 Å². The van der Waals surface area contributed by atoms with Crippen LogP contribution in [0.25, 0.3) is 10.8 Å². The van der Waals surface area contributed by atoms with E-state index in [2.05, 4.69) is 6.07 Å². The predicted octanol–water partition coefficient (Wildman–Crippen LogP) is 4.59. The van der Waals surface area contributed by atoms with E-state index in [4.69, 9.17) is 10.5 Å². The van der Waals surface area contributed by atoms with E-state index in [-0.39, 0.29) is 24.0 Å². The van der Waals surface area contributed by atoms with Crippen molar-refractivity contribution in [2.24, 2.45) is 5.73 Å². The highest BCUT2D eigenvalue weighted by atomic mass is 19.1. The summed E-state index contributed by atoms with van der Waals surface area (Å²) in [7, 11) is 0. The minimum atomic E-state index is -0.298. The van der Waals surface area contributed by atoms with Gasteiger partial charge < -0.3 is 10.5 Å². The SMILES string of the molecule is N#CCC1=C(N)Oc2ccc3ccccc3c2C1c1ccc(F)cc1. The van der Waals surface area contributed by atoms with E-state index in [9.17, 15) is 9.65 Å². The largest absolute Gasteiger partial charge is 0.441 e. The second kappa shape index (κ2) is 5.95. The third-order valence-corrected chi connectivity index (χ3v) is 4.58. The van der Waals surface area contributed by atoms with Crippen molar-refractivity contribution in [1.82, 2.24) is 0 Å². The standard InChI is InChI=1S/C21H15FN2O/c22-15-8-5-14(6-9-15)19-17(11-12-23)21(24)25-18-10-7-13-3-1-2-4-16(13)20(18)19/h1-10,19H,11,24H2. The molecule has 0 bridgehead atoms. The first-order chi connectivity index (χ1) is 12.2. The number of ether oxygens (including phenoxy) is 1. The van der Waals surface area contributed by atoms with Crippen LogP contribution in [0.3, 0.4) is 0 Å². The summed E-state index contributed by atoms with van der Waals surface area (Å²) in [6, 6.07) is 20.4.